The average molecular weight is 225 g/mol. The molecule has 1 heterocycles. The van der Waals surface area contributed by atoms with Crippen LogP contribution in [-0.4, -0.2) is 50.6 Å². The SMILES string of the molecule is CNc1cncc(N(C)CC(O)COC)c1. The Hall–Kier alpha value is -1.33. The van der Waals surface area contributed by atoms with Crippen molar-refractivity contribution >= 4 is 11.4 Å². The number of nitrogens with zero attached hydrogens (tertiary/aromatic N) is 2. The fourth-order valence-corrected chi connectivity index (χ4v) is 1.44. The lowest BCUT2D eigenvalue weighted by molar-refractivity contribution is 0.0695. The zero-order chi connectivity index (χ0) is 12.0. The summed E-state index contributed by atoms with van der Waals surface area (Å²) in [5.74, 6) is 0. The number of anilines is 2. The number of hydrogen-bond acceptors (Lipinski definition) is 5. The summed E-state index contributed by atoms with van der Waals surface area (Å²) in [5.41, 5.74) is 1.91. The molecule has 0 bridgehead atoms. The van der Waals surface area contributed by atoms with E-state index in [0.717, 1.165) is 11.4 Å². The number of methoxy groups -OCH3 is 1. The summed E-state index contributed by atoms with van der Waals surface area (Å²) in [5, 5.41) is 12.6. The molecule has 1 unspecified atom stereocenters. The van der Waals surface area contributed by atoms with Gasteiger partial charge in [0, 0.05) is 27.7 Å². The highest BCUT2D eigenvalue weighted by molar-refractivity contribution is 5.54. The zero-order valence-corrected chi connectivity index (χ0v) is 9.97. The lowest BCUT2D eigenvalue weighted by Gasteiger charge is -2.22. The molecule has 1 aromatic heterocycles. The first-order chi connectivity index (χ1) is 7.67. The first-order valence-electron chi connectivity index (χ1n) is 5.18. The molecule has 90 valence electrons. The first-order valence-corrected chi connectivity index (χ1v) is 5.18. The van der Waals surface area contributed by atoms with Gasteiger partial charge in [-0.05, 0) is 6.07 Å². The maximum atomic E-state index is 9.60. The number of ether oxygens (including phenoxy) is 1. The van der Waals surface area contributed by atoms with Crippen LogP contribution in [0.2, 0.25) is 0 Å². The molecular weight excluding hydrogens is 206 g/mol. The van der Waals surface area contributed by atoms with E-state index in [1.807, 2.05) is 25.1 Å². The quantitative estimate of drug-likeness (QED) is 0.741. The molecular formula is C11H19N3O2. The Morgan fingerprint density at radius 2 is 2.31 bits per heavy atom. The molecule has 0 radical (unpaired) electrons. The molecule has 16 heavy (non-hydrogen) atoms. The van der Waals surface area contributed by atoms with Gasteiger partial charge in [-0.1, -0.05) is 0 Å². The van der Waals surface area contributed by atoms with E-state index in [1.54, 1.807) is 19.5 Å². The summed E-state index contributed by atoms with van der Waals surface area (Å²) in [4.78, 5) is 6.05. The van der Waals surface area contributed by atoms with Crippen molar-refractivity contribution < 1.29 is 9.84 Å². The normalized spacial score (nSPS) is 12.2. The van der Waals surface area contributed by atoms with Crippen LogP contribution in [-0.2, 0) is 4.74 Å². The Kier molecular flexibility index (Phi) is 5.01. The maximum Gasteiger partial charge on any atom is 0.0947 e. The number of rotatable bonds is 6. The molecule has 0 saturated carbocycles. The third-order valence-electron chi connectivity index (χ3n) is 2.30. The van der Waals surface area contributed by atoms with E-state index in [4.69, 9.17) is 4.74 Å². The second kappa shape index (κ2) is 6.30. The topological polar surface area (TPSA) is 57.6 Å². The van der Waals surface area contributed by atoms with Crippen LogP contribution in [0, 0.1) is 0 Å². The number of hydrogen-bond donors (Lipinski definition) is 2. The standard InChI is InChI=1S/C11H19N3O2/c1-12-9-4-10(6-13-5-9)14(2)7-11(15)8-16-3/h4-6,11-12,15H,7-8H2,1-3H3. The van der Waals surface area contributed by atoms with E-state index < -0.39 is 6.10 Å². The highest BCUT2D eigenvalue weighted by atomic mass is 16.5. The molecule has 0 aromatic carbocycles. The van der Waals surface area contributed by atoms with Gasteiger partial charge in [-0.15, -0.1) is 0 Å². The van der Waals surface area contributed by atoms with Crippen LogP contribution in [0.25, 0.3) is 0 Å². The summed E-state index contributed by atoms with van der Waals surface area (Å²) < 4.78 is 4.88. The fourth-order valence-electron chi connectivity index (χ4n) is 1.44. The minimum absolute atomic E-state index is 0.337. The van der Waals surface area contributed by atoms with E-state index in [9.17, 15) is 5.11 Å². The second-order valence-corrected chi connectivity index (χ2v) is 3.67. The van der Waals surface area contributed by atoms with Crippen LogP contribution in [0.1, 0.15) is 0 Å². The molecule has 1 aromatic rings. The van der Waals surface area contributed by atoms with Gasteiger partial charge in [0.25, 0.3) is 0 Å². The van der Waals surface area contributed by atoms with Crippen LogP contribution in [0.15, 0.2) is 18.5 Å². The van der Waals surface area contributed by atoms with Gasteiger partial charge in [0.2, 0.25) is 0 Å². The lowest BCUT2D eigenvalue weighted by atomic mass is 10.3. The second-order valence-electron chi connectivity index (χ2n) is 3.67. The Bertz CT molecular complexity index is 320. The van der Waals surface area contributed by atoms with Crippen molar-refractivity contribution in [3.8, 4) is 0 Å². The number of aromatic nitrogens is 1. The fraction of sp³-hybridized carbons (Fsp3) is 0.545. The number of nitrogens with one attached hydrogen (secondary N) is 1. The van der Waals surface area contributed by atoms with Crippen LogP contribution in [0.4, 0.5) is 11.4 Å². The average Bonchev–Trinajstić information content (AvgIpc) is 2.29. The van der Waals surface area contributed by atoms with E-state index in [0.29, 0.717) is 13.2 Å². The molecule has 5 nitrogen and oxygen atoms in total. The molecule has 1 rings (SSSR count). The van der Waals surface area contributed by atoms with Crippen LogP contribution in [0.3, 0.4) is 0 Å². The van der Waals surface area contributed by atoms with Crippen molar-refractivity contribution in [1.29, 1.82) is 0 Å². The van der Waals surface area contributed by atoms with Crippen molar-refractivity contribution in [3.63, 3.8) is 0 Å². The molecule has 2 N–H and O–H groups in total. The largest absolute Gasteiger partial charge is 0.389 e. The summed E-state index contributed by atoms with van der Waals surface area (Å²) in [7, 11) is 5.34. The molecule has 5 heteroatoms. The van der Waals surface area contributed by atoms with Gasteiger partial charge >= 0.3 is 0 Å². The summed E-state index contributed by atoms with van der Waals surface area (Å²) >= 11 is 0. The highest BCUT2D eigenvalue weighted by Crippen LogP contribution is 2.16. The molecule has 0 fully saturated rings. The minimum Gasteiger partial charge on any atom is -0.389 e. The van der Waals surface area contributed by atoms with Crippen molar-refractivity contribution in [3.05, 3.63) is 18.5 Å². The molecule has 0 aliphatic rings. The molecule has 1 atom stereocenters. The number of likely N-dealkylation sites (N-methyl/N-ethyl adjacent to an activating group) is 1. The number of aliphatic hydroxyl groups excluding tert-OH is 1. The maximum absolute atomic E-state index is 9.60. The van der Waals surface area contributed by atoms with Gasteiger partial charge in [0.1, 0.15) is 0 Å². The number of pyridine rings is 1. The molecule has 0 aliphatic carbocycles. The first kappa shape index (κ1) is 12.7. The van der Waals surface area contributed by atoms with Crippen molar-refractivity contribution in [2.24, 2.45) is 0 Å². The Labute approximate surface area is 96.1 Å². The zero-order valence-electron chi connectivity index (χ0n) is 9.97. The van der Waals surface area contributed by atoms with E-state index in [1.165, 1.54) is 0 Å². The third kappa shape index (κ3) is 3.67. The Morgan fingerprint density at radius 3 is 2.94 bits per heavy atom. The van der Waals surface area contributed by atoms with Gasteiger partial charge < -0.3 is 20.1 Å². The van der Waals surface area contributed by atoms with Crippen LogP contribution < -0.4 is 10.2 Å². The predicted octanol–water partition coefficient (Wildman–Crippen LogP) is 0.567. The van der Waals surface area contributed by atoms with Crippen molar-refractivity contribution in [2.45, 2.75) is 6.10 Å². The molecule has 0 aliphatic heterocycles. The third-order valence-corrected chi connectivity index (χ3v) is 2.30. The summed E-state index contributed by atoms with van der Waals surface area (Å²) in [6.07, 6.45) is 3.02. The van der Waals surface area contributed by atoms with Crippen molar-refractivity contribution in [1.82, 2.24) is 4.98 Å². The highest BCUT2D eigenvalue weighted by Gasteiger charge is 2.09. The molecule has 0 amide bonds. The summed E-state index contributed by atoms with van der Waals surface area (Å²) in [6.45, 7) is 0.853. The van der Waals surface area contributed by atoms with E-state index in [-0.39, 0.29) is 0 Å². The lowest BCUT2D eigenvalue weighted by Crippen LogP contribution is -2.31. The Balaban J connectivity index is 2.61. The van der Waals surface area contributed by atoms with Gasteiger partial charge in [-0.25, -0.2) is 0 Å². The van der Waals surface area contributed by atoms with E-state index >= 15 is 0 Å². The van der Waals surface area contributed by atoms with Crippen LogP contribution >= 0.6 is 0 Å². The predicted molar refractivity (Wildman–Crippen MR) is 64.9 cm³/mol. The van der Waals surface area contributed by atoms with Crippen molar-refractivity contribution in [2.75, 3.05) is 44.6 Å². The van der Waals surface area contributed by atoms with Gasteiger partial charge in [0.05, 0.1) is 36.5 Å². The summed E-state index contributed by atoms with van der Waals surface area (Å²) in [6, 6.07) is 1.98. The molecule has 0 saturated heterocycles. The van der Waals surface area contributed by atoms with Crippen LogP contribution in [0.5, 0.6) is 0 Å². The molecule has 0 spiro atoms. The Morgan fingerprint density at radius 1 is 1.56 bits per heavy atom. The van der Waals surface area contributed by atoms with Gasteiger partial charge in [-0.2, -0.15) is 0 Å². The van der Waals surface area contributed by atoms with Gasteiger partial charge in [-0.3, -0.25) is 4.98 Å². The monoisotopic (exact) mass is 225 g/mol. The smallest absolute Gasteiger partial charge is 0.0947 e. The van der Waals surface area contributed by atoms with E-state index in [2.05, 4.69) is 10.3 Å². The minimum atomic E-state index is -0.492. The number of aliphatic hydroxyl groups is 1. The van der Waals surface area contributed by atoms with Gasteiger partial charge in [0.15, 0.2) is 0 Å².